The van der Waals surface area contributed by atoms with E-state index in [0.29, 0.717) is 12.2 Å². The molecular weight excluding hydrogens is 268 g/mol. The van der Waals surface area contributed by atoms with Crippen molar-refractivity contribution < 1.29 is 19.1 Å². The van der Waals surface area contributed by atoms with E-state index in [1.54, 1.807) is 24.3 Å². The van der Waals surface area contributed by atoms with Crippen LogP contribution in [0.4, 0.5) is 0 Å². The number of hydrogen-bond donors (Lipinski definition) is 0. The van der Waals surface area contributed by atoms with Crippen molar-refractivity contribution in [2.24, 2.45) is 0 Å². The van der Waals surface area contributed by atoms with Gasteiger partial charge in [-0.2, -0.15) is 0 Å². The average Bonchev–Trinajstić information content (AvgIpc) is 2.52. The van der Waals surface area contributed by atoms with Crippen molar-refractivity contribution in [1.29, 1.82) is 0 Å². The Hall–Kier alpha value is -1.84. The van der Waals surface area contributed by atoms with Crippen LogP contribution in [0.2, 0.25) is 0 Å². The van der Waals surface area contributed by atoms with Gasteiger partial charge in [0.05, 0.1) is 12.2 Å². The summed E-state index contributed by atoms with van der Waals surface area (Å²) < 4.78 is 9.91. The van der Waals surface area contributed by atoms with E-state index in [1.165, 1.54) is 25.7 Å². The van der Waals surface area contributed by atoms with Crippen molar-refractivity contribution in [1.82, 2.24) is 0 Å². The molecule has 0 atom stereocenters. The summed E-state index contributed by atoms with van der Waals surface area (Å²) >= 11 is 0. The summed E-state index contributed by atoms with van der Waals surface area (Å²) in [5, 5.41) is 0. The number of carbonyl (C=O) groups excluding carboxylic acids is 2. The molecule has 1 aromatic carbocycles. The lowest BCUT2D eigenvalue weighted by atomic mass is 10.1. The Morgan fingerprint density at radius 1 is 0.905 bits per heavy atom. The van der Waals surface area contributed by atoms with Crippen LogP contribution in [-0.2, 0) is 14.3 Å². The molecule has 0 amide bonds. The number of unbranched alkanes of at least 4 members (excludes halogenated alkanes) is 5. The largest absolute Gasteiger partial charge is 0.463 e. The zero-order valence-corrected chi connectivity index (χ0v) is 12.7. The molecule has 0 aliphatic rings. The number of rotatable bonds is 10. The summed E-state index contributed by atoms with van der Waals surface area (Å²) in [7, 11) is 0. The summed E-state index contributed by atoms with van der Waals surface area (Å²) in [6, 6.07) is 8.58. The predicted octanol–water partition coefficient (Wildman–Crippen LogP) is 3.75. The van der Waals surface area contributed by atoms with Crippen LogP contribution in [0, 0.1) is 0 Å². The molecule has 0 heterocycles. The fourth-order valence-electron chi connectivity index (χ4n) is 1.89. The van der Waals surface area contributed by atoms with E-state index in [9.17, 15) is 9.59 Å². The van der Waals surface area contributed by atoms with Gasteiger partial charge < -0.3 is 9.47 Å². The molecule has 0 aliphatic heterocycles. The highest BCUT2D eigenvalue weighted by Gasteiger charge is 2.10. The van der Waals surface area contributed by atoms with Gasteiger partial charge in [0, 0.05) is 0 Å². The molecule has 0 fully saturated rings. The quantitative estimate of drug-likeness (QED) is 0.487. The van der Waals surface area contributed by atoms with Gasteiger partial charge in [-0.15, -0.1) is 0 Å². The highest BCUT2D eigenvalue weighted by atomic mass is 16.6. The predicted molar refractivity (Wildman–Crippen MR) is 81.1 cm³/mol. The highest BCUT2D eigenvalue weighted by molar-refractivity contribution is 5.90. The van der Waals surface area contributed by atoms with Crippen LogP contribution >= 0.6 is 0 Å². The molecule has 21 heavy (non-hydrogen) atoms. The molecule has 0 saturated carbocycles. The van der Waals surface area contributed by atoms with Crippen molar-refractivity contribution in [2.45, 2.75) is 45.4 Å². The van der Waals surface area contributed by atoms with Gasteiger partial charge in [-0.3, -0.25) is 0 Å². The third kappa shape index (κ3) is 8.12. The maximum absolute atomic E-state index is 11.6. The van der Waals surface area contributed by atoms with E-state index < -0.39 is 11.9 Å². The molecular formula is C17H24O4. The zero-order valence-electron chi connectivity index (χ0n) is 12.7. The molecule has 1 rings (SSSR count). The van der Waals surface area contributed by atoms with Crippen molar-refractivity contribution in [3.63, 3.8) is 0 Å². The van der Waals surface area contributed by atoms with Crippen LogP contribution in [0.1, 0.15) is 55.8 Å². The molecule has 4 heteroatoms. The second-order valence-corrected chi connectivity index (χ2v) is 4.93. The first kappa shape index (κ1) is 17.2. The Labute approximate surface area is 126 Å². The van der Waals surface area contributed by atoms with Gasteiger partial charge in [-0.05, 0) is 18.6 Å². The molecule has 0 N–H and O–H groups in total. The van der Waals surface area contributed by atoms with E-state index in [1.807, 2.05) is 6.07 Å². The van der Waals surface area contributed by atoms with E-state index in [-0.39, 0.29) is 6.61 Å². The molecule has 116 valence electrons. The minimum Gasteiger partial charge on any atom is -0.463 e. The van der Waals surface area contributed by atoms with Gasteiger partial charge in [-0.1, -0.05) is 57.2 Å². The van der Waals surface area contributed by atoms with Crippen LogP contribution in [0.3, 0.4) is 0 Å². The van der Waals surface area contributed by atoms with Gasteiger partial charge in [0.25, 0.3) is 0 Å². The Bertz CT molecular complexity index is 414. The van der Waals surface area contributed by atoms with E-state index in [4.69, 9.17) is 9.47 Å². The van der Waals surface area contributed by atoms with E-state index in [2.05, 4.69) is 6.92 Å². The van der Waals surface area contributed by atoms with Crippen molar-refractivity contribution in [2.75, 3.05) is 13.2 Å². The second kappa shape index (κ2) is 10.9. The van der Waals surface area contributed by atoms with Crippen LogP contribution in [0.25, 0.3) is 0 Å². The van der Waals surface area contributed by atoms with Crippen LogP contribution in [0.15, 0.2) is 30.3 Å². The number of hydrogen-bond acceptors (Lipinski definition) is 4. The van der Waals surface area contributed by atoms with Crippen LogP contribution in [-0.4, -0.2) is 25.2 Å². The third-order valence-electron chi connectivity index (χ3n) is 3.09. The first-order chi connectivity index (χ1) is 10.2. The molecule has 0 aromatic heterocycles. The van der Waals surface area contributed by atoms with E-state index >= 15 is 0 Å². The van der Waals surface area contributed by atoms with E-state index in [0.717, 1.165) is 12.8 Å². The van der Waals surface area contributed by atoms with Crippen LogP contribution < -0.4 is 0 Å². The maximum atomic E-state index is 11.6. The monoisotopic (exact) mass is 292 g/mol. The summed E-state index contributed by atoms with van der Waals surface area (Å²) in [4.78, 5) is 23.0. The lowest BCUT2D eigenvalue weighted by Crippen LogP contribution is -2.17. The Kier molecular flexibility index (Phi) is 8.93. The fraction of sp³-hybridized carbons (Fsp3) is 0.529. The third-order valence-corrected chi connectivity index (χ3v) is 3.09. The Balaban J connectivity index is 2.05. The van der Waals surface area contributed by atoms with Gasteiger partial charge in [0.2, 0.25) is 0 Å². The smallest absolute Gasteiger partial charge is 0.344 e. The zero-order chi connectivity index (χ0) is 15.3. The topological polar surface area (TPSA) is 52.6 Å². The van der Waals surface area contributed by atoms with Gasteiger partial charge in [0.15, 0.2) is 6.61 Å². The minimum atomic E-state index is -0.507. The van der Waals surface area contributed by atoms with Crippen LogP contribution in [0.5, 0.6) is 0 Å². The fourth-order valence-corrected chi connectivity index (χ4v) is 1.89. The summed E-state index contributed by atoms with van der Waals surface area (Å²) in [6.45, 7) is 2.25. The summed E-state index contributed by atoms with van der Waals surface area (Å²) in [6.07, 6.45) is 6.82. The highest BCUT2D eigenvalue weighted by Crippen LogP contribution is 2.05. The van der Waals surface area contributed by atoms with Crippen molar-refractivity contribution in [3.05, 3.63) is 35.9 Å². The molecule has 1 aromatic rings. The summed E-state index contributed by atoms with van der Waals surface area (Å²) in [5.41, 5.74) is 0.432. The number of esters is 2. The molecule has 0 unspecified atom stereocenters. The Morgan fingerprint density at radius 3 is 2.29 bits per heavy atom. The van der Waals surface area contributed by atoms with Crippen molar-refractivity contribution in [3.8, 4) is 0 Å². The van der Waals surface area contributed by atoms with Gasteiger partial charge >= 0.3 is 11.9 Å². The van der Waals surface area contributed by atoms with Crippen molar-refractivity contribution >= 4 is 11.9 Å². The first-order valence-electron chi connectivity index (χ1n) is 7.62. The molecule has 0 aliphatic carbocycles. The molecule has 0 saturated heterocycles. The molecule has 0 radical (unpaired) electrons. The van der Waals surface area contributed by atoms with Gasteiger partial charge in [-0.25, -0.2) is 9.59 Å². The maximum Gasteiger partial charge on any atom is 0.344 e. The average molecular weight is 292 g/mol. The minimum absolute atomic E-state index is 0.330. The standard InChI is InChI=1S/C17H24O4/c1-2-3-4-5-6-10-13-20-16(18)14-21-17(19)15-11-8-7-9-12-15/h7-9,11-12H,2-6,10,13-14H2,1H3. The lowest BCUT2D eigenvalue weighted by Gasteiger charge is -2.06. The molecule has 4 nitrogen and oxygen atoms in total. The second-order valence-electron chi connectivity index (χ2n) is 4.93. The van der Waals surface area contributed by atoms with Gasteiger partial charge in [0.1, 0.15) is 0 Å². The Morgan fingerprint density at radius 2 is 1.57 bits per heavy atom. The first-order valence-corrected chi connectivity index (χ1v) is 7.62. The number of ether oxygens (including phenoxy) is 2. The number of carbonyl (C=O) groups is 2. The summed E-state index contributed by atoms with van der Waals surface area (Å²) in [5.74, 6) is -1.00. The normalized spacial score (nSPS) is 10.1. The molecule has 0 spiro atoms. The number of benzene rings is 1. The molecule has 0 bridgehead atoms. The lowest BCUT2D eigenvalue weighted by molar-refractivity contribution is -0.147. The SMILES string of the molecule is CCCCCCCCOC(=O)COC(=O)c1ccccc1.